The second-order valence-corrected chi connectivity index (χ2v) is 9.48. The number of furan rings is 1. The Bertz CT molecular complexity index is 1250. The van der Waals surface area contributed by atoms with Gasteiger partial charge in [0.05, 0.1) is 18.9 Å². The van der Waals surface area contributed by atoms with Gasteiger partial charge in [0.15, 0.2) is 11.4 Å². The fraction of sp³-hybridized carbons (Fsp3) is 0.462. The first-order valence-electron chi connectivity index (χ1n) is 12.5. The van der Waals surface area contributed by atoms with Crippen LogP contribution in [0, 0.1) is 0 Å². The number of likely N-dealkylation sites (tertiary alicyclic amines) is 1. The number of aromatic nitrogens is 4. The van der Waals surface area contributed by atoms with Crippen LogP contribution in [0.4, 0.5) is 17.6 Å². The lowest BCUT2D eigenvalue weighted by molar-refractivity contribution is 0.122. The van der Waals surface area contributed by atoms with Crippen molar-refractivity contribution in [3.63, 3.8) is 0 Å². The molecule has 2 saturated heterocycles. The lowest BCUT2D eigenvalue weighted by Crippen LogP contribution is -2.37. The monoisotopic (exact) mass is 490 g/mol. The van der Waals surface area contributed by atoms with E-state index in [1.165, 1.54) is 6.20 Å². The summed E-state index contributed by atoms with van der Waals surface area (Å²) in [7, 11) is 2.17. The van der Waals surface area contributed by atoms with E-state index < -0.39 is 0 Å². The van der Waals surface area contributed by atoms with E-state index in [4.69, 9.17) is 19.1 Å². The van der Waals surface area contributed by atoms with Gasteiger partial charge in [-0.3, -0.25) is 10.1 Å². The van der Waals surface area contributed by atoms with Crippen molar-refractivity contribution < 1.29 is 9.15 Å². The van der Waals surface area contributed by atoms with E-state index in [1.807, 2.05) is 19.1 Å². The van der Waals surface area contributed by atoms with Crippen molar-refractivity contribution in [2.24, 2.45) is 4.99 Å². The maximum Gasteiger partial charge on any atom is 0.231 e. The molecule has 0 radical (unpaired) electrons. The molecule has 10 nitrogen and oxygen atoms in total. The van der Waals surface area contributed by atoms with E-state index in [2.05, 4.69) is 50.0 Å². The summed E-state index contributed by atoms with van der Waals surface area (Å²) in [4.78, 5) is 18.3. The van der Waals surface area contributed by atoms with E-state index >= 15 is 0 Å². The molecule has 190 valence electrons. The number of allylic oxidation sites excluding steroid dienone is 2. The molecule has 10 heteroatoms. The van der Waals surface area contributed by atoms with Crippen molar-refractivity contribution in [1.82, 2.24) is 25.1 Å². The van der Waals surface area contributed by atoms with Crippen LogP contribution < -0.4 is 10.2 Å². The summed E-state index contributed by atoms with van der Waals surface area (Å²) in [5.41, 5.74) is 3.64. The standard InChI is InChI=1S/C26H34N8O2/c1-4-27-8-5-18(2)15-20-16-23(32-31-20)29-26-28-21-17-22(19-6-9-33(3)10-7-19)36-24(21)25(30-26)34-11-13-35-14-12-34/h4-5,8,16-17,19H,1,6-7,9-15H2,2-3H3,(H2,28,29,30,31,32)/b18-5+,27-8-. The second-order valence-electron chi connectivity index (χ2n) is 9.48. The minimum Gasteiger partial charge on any atom is -0.455 e. The van der Waals surface area contributed by atoms with Gasteiger partial charge in [-0.2, -0.15) is 10.1 Å². The predicted molar refractivity (Wildman–Crippen MR) is 142 cm³/mol. The zero-order chi connectivity index (χ0) is 24.9. The first kappa shape index (κ1) is 24.2. The van der Waals surface area contributed by atoms with E-state index in [0.29, 0.717) is 31.5 Å². The number of fused-ring (bicyclic) bond motifs is 1. The summed E-state index contributed by atoms with van der Waals surface area (Å²) in [6, 6.07) is 4.07. The smallest absolute Gasteiger partial charge is 0.231 e. The number of hydrogen-bond donors (Lipinski definition) is 2. The maximum absolute atomic E-state index is 6.42. The molecule has 3 aromatic heterocycles. The van der Waals surface area contributed by atoms with Gasteiger partial charge in [0, 0.05) is 50.0 Å². The van der Waals surface area contributed by atoms with E-state index in [0.717, 1.165) is 78.8 Å². The molecule has 0 aromatic carbocycles. The number of hydrogen-bond acceptors (Lipinski definition) is 9. The fourth-order valence-electron chi connectivity index (χ4n) is 4.69. The summed E-state index contributed by atoms with van der Waals surface area (Å²) in [6.45, 7) is 10.7. The SMILES string of the molecule is C=C/N=C\C=C(/C)Cc1cc(Nc2nc(N3CCOCC3)c3oc(C4CCN(C)CC4)cc3n2)[nH]n1. The zero-order valence-corrected chi connectivity index (χ0v) is 21.0. The van der Waals surface area contributed by atoms with Gasteiger partial charge in [0.1, 0.15) is 17.1 Å². The average molecular weight is 491 g/mol. The number of anilines is 3. The minimum absolute atomic E-state index is 0.410. The number of aromatic amines is 1. The van der Waals surface area contributed by atoms with E-state index in [-0.39, 0.29) is 0 Å². The van der Waals surface area contributed by atoms with Crippen molar-refractivity contribution in [2.75, 3.05) is 56.7 Å². The van der Waals surface area contributed by atoms with Gasteiger partial charge < -0.3 is 24.3 Å². The van der Waals surface area contributed by atoms with E-state index in [1.54, 1.807) is 6.21 Å². The van der Waals surface area contributed by atoms with Gasteiger partial charge in [-0.25, -0.2) is 4.98 Å². The number of morpholine rings is 1. The molecular weight excluding hydrogens is 456 g/mol. The summed E-state index contributed by atoms with van der Waals surface area (Å²) in [5, 5.41) is 10.8. The van der Waals surface area contributed by atoms with Gasteiger partial charge in [0.2, 0.25) is 5.95 Å². The molecule has 2 aliphatic heterocycles. The summed E-state index contributed by atoms with van der Waals surface area (Å²) in [6.07, 6.45) is 8.09. The Kier molecular flexibility index (Phi) is 7.43. The summed E-state index contributed by atoms with van der Waals surface area (Å²) < 4.78 is 12.0. The van der Waals surface area contributed by atoms with Crippen LogP contribution in [-0.4, -0.2) is 77.7 Å². The Morgan fingerprint density at radius 3 is 2.81 bits per heavy atom. The van der Waals surface area contributed by atoms with Gasteiger partial charge in [-0.1, -0.05) is 12.2 Å². The Morgan fingerprint density at radius 2 is 2.03 bits per heavy atom. The van der Waals surface area contributed by atoms with Crippen molar-refractivity contribution in [3.8, 4) is 0 Å². The van der Waals surface area contributed by atoms with Crippen LogP contribution in [0.25, 0.3) is 11.1 Å². The number of rotatable bonds is 8. The van der Waals surface area contributed by atoms with E-state index in [9.17, 15) is 0 Å². The molecule has 3 aromatic rings. The Morgan fingerprint density at radius 1 is 1.22 bits per heavy atom. The molecule has 36 heavy (non-hydrogen) atoms. The lowest BCUT2D eigenvalue weighted by Gasteiger charge is -2.28. The van der Waals surface area contributed by atoms with Crippen molar-refractivity contribution in [1.29, 1.82) is 0 Å². The molecule has 5 heterocycles. The van der Waals surface area contributed by atoms with Gasteiger partial charge >= 0.3 is 0 Å². The van der Waals surface area contributed by atoms with Crippen molar-refractivity contribution >= 4 is 34.9 Å². The molecule has 0 spiro atoms. The first-order chi connectivity index (χ1) is 17.6. The molecule has 5 rings (SSSR count). The Balaban J connectivity index is 1.40. The number of ether oxygens (including phenoxy) is 1. The third kappa shape index (κ3) is 5.66. The van der Waals surface area contributed by atoms with Gasteiger partial charge in [-0.15, -0.1) is 0 Å². The largest absolute Gasteiger partial charge is 0.455 e. The number of nitrogens with zero attached hydrogens (tertiary/aromatic N) is 6. The molecule has 0 bridgehead atoms. The van der Waals surface area contributed by atoms with Gasteiger partial charge in [0.25, 0.3) is 0 Å². The highest BCUT2D eigenvalue weighted by Gasteiger charge is 2.26. The zero-order valence-electron chi connectivity index (χ0n) is 21.0. The fourth-order valence-corrected chi connectivity index (χ4v) is 4.69. The molecule has 0 amide bonds. The molecule has 2 N–H and O–H groups in total. The molecule has 2 fully saturated rings. The quantitative estimate of drug-likeness (QED) is 0.456. The number of piperidine rings is 1. The molecular formula is C26H34N8O2. The van der Waals surface area contributed by atoms with Crippen LogP contribution in [0.1, 0.15) is 37.1 Å². The van der Waals surface area contributed by atoms with Gasteiger partial charge in [-0.05, 0) is 46.0 Å². The molecule has 0 atom stereocenters. The highest BCUT2D eigenvalue weighted by Crippen LogP contribution is 2.35. The van der Waals surface area contributed by atoms with Crippen LogP contribution in [0.15, 0.2) is 46.0 Å². The molecule has 0 unspecified atom stereocenters. The Hall–Kier alpha value is -3.50. The van der Waals surface area contributed by atoms with Crippen LogP contribution in [0.5, 0.6) is 0 Å². The average Bonchev–Trinajstić information content (AvgIpc) is 3.51. The van der Waals surface area contributed by atoms with Crippen LogP contribution in [-0.2, 0) is 11.2 Å². The number of H-pyrrole nitrogens is 1. The second kappa shape index (κ2) is 11.0. The number of aliphatic imine (C=N–C) groups is 1. The first-order valence-corrected chi connectivity index (χ1v) is 12.5. The minimum atomic E-state index is 0.410. The summed E-state index contributed by atoms with van der Waals surface area (Å²) >= 11 is 0. The summed E-state index contributed by atoms with van der Waals surface area (Å²) in [5.74, 6) is 3.48. The Labute approximate surface area is 211 Å². The third-order valence-corrected chi connectivity index (χ3v) is 6.69. The normalized spacial score (nSPS) is 18.4. The number of nitrogens with one attached hydrogen (secondary N) is 2. The van der Waals surface area contributed by atoms with Crippen LogP contribution >= 0.6 is 0 Å². The van der Waals surface area contributed by atoms with Crippen molar-refractivity contribution in [2.45, 2.75) is 32.1 Å². The molecule has 0 aliphatic carbocycles. The topological polar surface area (TPSA) is 108 Å². The molecule has 0 saturated carbocycles. The predicted octanol–water partition coefficient (Wildman–Crippen LogP) is 4.04. The highest BCUT2D eigenvalue weighted by atomic mass is 16.5. The lowest BCUT2D eigenvalue weighted by atomic mass is 9.95. The highest BCUT2D eigenvalue weighted by molar-refractivity contribution is 5.86. The maximum atomic E-state index is 6.42. The molecule has 2 aliphatic rings. The van der Waals surface area contributed by atoms with Crippen LogP contribution in [0.3, 0.4) is 0 Å². The van der Waals surface area contributed by atoms with Crippen molar-refractivity contribution in [3.05, 3.63) is 48.0 Å². The van der Waals surface area contributed by atoms with Crippen LogP contribution in [0.2, 0.25) is 0 Å². The third-order valence-electron chi connectivity index (χ3n) is 6.69.